The fraction of sp³-hybridized carbons (Fsp3) is 0.400. The van der Waals surface area contributed by atoms with Crippen LogP contribution in [0, 0.1) is 0 Å². The summed E-state index contributed by atoms with van der Waals surface area (Å²) in [6.07, 6.45) is -0.753. The van der Waals surface area contributed by atoms with Gasteiger partial charge < -0.3 is 15.2 Å². The minimum Gasteiger partial charge on any atom is -0.389 e. The van der Waals surface area contributed by atoms with Crippen LogP contribution < -0.4 is 5.32 Å². The first-order valence-electron chi connectivity index (χ1n) is 4.81. The number of rotatable bonds is 5. The van der Waals surface area contributed by atoms with E-state index in [2.05, 4.69) is 10.3 Å². The quantitative estimate of drug-likeness (QED) is 0.792. The van der Waals surface area contributed by atoms with Crippen molar-refractivity contribution in [1.29, 1.82) is 0 Å². The van der Waals surface area contributed by atoms with Gasteiger partial charge >= 0.3 is 0 Å². The zero-order chi connectivity index (χ0) is 12.8. The zero-order valence-electron chi connectivity index (χ0n) is 9.11. The predicted octanol–water partition coefficient (Wildman–Crippen LogP) is 1.13. The summed E-state index contributed by atoms with van der Waals surface area (Å²) >= 11 is 11.3. The van der Waals surface area contributed by atoms with Crippen LogP contribution in [-0.2, 0) is 4.74 Å². The van der Waals surface area contributed by atoms with Crippen LogP contribution >= 0.6 is 23.2 Å². The predicted molar refractivity (Wildman–Crippen MR) is 64.5 cm³/mol. The molecule has 2 N–H and O–H groups in total. The Morgan fingerprint density at radius 1 is 1.53 bits per heavy atom. The number of methoxy groups -OCH3 is 1. The fourth-order valence-corrected chi connectivity index (χ4v) is 1.62. The molecule has 0 saturated carbocycles. The maximum Gasteiger partial charge on any atom is 0.251 e. The molecular weight excluding hydrogens is 267 g/mol. The van der Waals surface area contributed by atoms with Gasteiger partial charge in [-0.1, -0.05) is 23.2 Å². The van der Waals surface area contributed by atoms with E-state index in [0.29, 0.717) is 5.56 Å². The average molecular weight is 279 g/mol. The van der Waals surface area contributed by atoms with E-state index in [1.54, 1.807) is 0 Å². The number of aliphatic hydroxyl groups is 1. The van der Waals surface area contributed by atoms with Crippen molar-refractivity contribution in [3.05, 3.63) is 28.0 Å². The number of pyridine rings is 1. The van der Waals surface area contributed by atoms with Gasteiger partial charge in [0.25, 0.3) is 5.91 Å². The average Bonchev–Trinajstić information content (AvgIpc) is 2.25. The van der Waals surface area contributed by atoms with Gasteiger partial charge in [0.2, 0.25) is 0 Å². The van der Waals surface area contributed by atoms with Crippen LogP contribution in [0.15, 0.2) is 12.1 Å². The number of halogens is 2. The van der Waals surface area contributed by atoms with Crippen LogP contribution in [0.5, 0.6) is 0 Å². The van der Waals surface area contributed by atoms with Gasteiger partial charge in [0.15, 0.2) is 0 Å². The Bertz CT molecular complexity index is 381. The van der Waals surface area contributed by atoms with Crippen molar-refractivity contribution in [3.8, 4) is 0 Å². The van der Waals surface area contributed by atoms with E-state index >= 15 is 0 Å². The maximum absolute atomic E-state index is 11.6. The van der Waals surface area contributed by atoms with Gasteiger partial charge in [-0.25, -0.2) is 4.98 Å². The van der Waals surface area contributed by atoms with E-state index in [1.165, 1.54) is 19.2 Å². The molecule has 17 heavy (non-hydrogen) atoms. The Balaban J connectivity index is 2.58. The van der Waals surface area contributed by atoms with Gasteiger partial charge in [0.1, 0.15) is 10.3 Å². The highest BCUT2D eigenvalue weighted by atomic mass is 35.5. The van der Waals surface area contributed by atoms with E-state index < -0.39 is 6.10 Å². The van der Waals surface area contributed by atoms with Crippen molar-refractivity contribution in [3.63, 3.8) is 0 Å². The molecule has 1 aromatic heterocycles. The van der Waals surface area contributed by atoms with Crippen LogP contribution in [0.3, 0.4) is 0 Å². The molecule has 0 spiro atoms. The number of aliphatic hydroxyl groups excluding tert-OH is 1. The number of nitrogens with one attached hydrogen (secondary N) is 1. The molecule has 1 unspecified atom stereocenters. The Morgan fingerprint density at radius 2 is 2.12 bits per heavy atom. The monoisotopic (exact) mass is 278 g/mol. The summed E-state index contributed by atoms with van der Waals surface area (Å²) in [4.78, 5) is 15.4. The first-order chi connectivity index (χ1) is 8.02. The molecule has 5 nitrogen and oxygen atoms in total. The third kappa shape index (κ3) is 4.87. The van der Waals surface area contributed by atoms with E-state index in [1.807, 2.05) is 0 Å². The van der Waals surface area contributed by atoms with Gasteiger partial charge in [-0.15, -0.1) is 0 Å². The molecule has 0 aliphatic heterocycles. The Labute approximate surface area is 109 Å². The lowest BCUT2D eigenvalue weighted by molar-refractivity contribution is 0.0610. The summed E-state index contributed by atoms with van der Waals surface area (Å²) in [7, 11) is 1.47. The SMILES string of the molecule is COCC(O)CNC(=O)c1cc(Cl)nc(Cl)c1. The lowest BCUT2D eigenvalue weighted by atomic mass is 10.2. The largest absolute Gasteiger partial charge is 0.389 e. The second kappa shape index (κ2) is 6.76. The van der Waals surface area contributed by atoms with Crippen molar-refractivity contribution >= 4 is 29.1 Å². The van der Waals surface area contributed by atoms with Crippen molar-refractivity contribution in [1.82, 2.24) is 10.3 Å². The van der Waals surface area contributed by atoms with Crippen LogP contribution in [0.1, 0.15) is 10.4 Å². The van der Waals surface area contributed by atoms with E-state index in [-0.39, 0.29) is 29.4 Å². The standard InChI is InChI=1S/C10H12Cl2N2O3/c1-17-5-7(15)4-13-10(16)6-2-8(11)14-9(12)3-6/h2-3,7,15H,4-5H2,1H3,(H,13,16). The highest BCUT2D eigenvalue weighted by Gasteiger charge is 2.10. The molecule has 0 radical (unpaired) electrons. The van der Waals surface area contributed by atoms with Gasteiger partial charge in [-0.05, 0) is 12.1 Å². The number of amides is 1. The summed E-state index contributed by atoms with van der Waals surface area (Å²) in [6, 6.07) is 2.79. The van der Waals surface area contributed by atoms with Crippen LogP contribution in [-0.4, -0.2) is 42.4 Å². The van der Waals surface area contributed by atoms with Crippen molar-refractivity contribution in [2.24, 2.45) is 0 Å². The Hall–Kier alpha value is -0.880. The van der Waals surface area contributed by atoms with Crippen molar-refractivity contribution in [2.75, 3.05) is 20.3 Å². The van der Waals surface area contributed by atoms with Gasteiger partial charge in [-0.3, -0.25) is 4.79 Å². The van der Waals surface area contributed by atoms with E-state index in [0.717, 1.165) is 0 Å². The van der Waals surface area contributed by atoms with Gasteiger partial charge in [0.05, 0.1) is 12.7 Å². The van der Waals surface area contributed by atoms with Gasteiger partial charge in [-0.2, -0.15) is 0 Å². The molecule has 94 valence electrons. The Kier molecular flexibility index (Phi) is 5.64. The number of hydrogen-bond acceptors (Lipinski definition) is 4. The first-order valence-corrected chi connectivity index (χ1v) is 5.57. The van der Waals surface area contributed by atoms with Crippen molar-refractivity contribution in [2.45, 2.75) is 6.10 Å². The lowest BCUT2D eigenvalue weighted by Crippen LogP contribution is -2.34. The van der Waals surface area contributed by atoms with Crippen LogP contribution in [0.4, 0.5) is 0 Å². The number of carbonyl (C=O) groups excluding carboxylic acids is 1. The highest BCUT2D eigenvalue weighted by Crippen LogP contribution is 2.14. The summed E-state index contributed by atoms with van der Waals surface area (Å²) in [5, 5.41) is 12.2. The normalized spacial score (nSPS) is 12.2. The molecule has 0 aliphatic carbocycles. The second-order valence-electron chi connectivity index (χ2n) is 3.32. The molecule has 1 amide bonds. The molecule has 0 aliphatic rings. The van der Waals surface area contributed by atoms with Crippen molar-refractivity contribution < 1.29 is 14.6 Å². The van der Waals surface area contributed by atoms with E-state index in [9.17, 15) is 9.90 Å². The second-order valence-corrected chi connectivity index (χ2v) is 4.09. The summed E-state index contributed by atoms with van der Waals surface area (Å²) in [5.74, 6) is -0.383. The molecule has 0 aromatic carbocycles. The molecule has 1 atom stereocenters. The molecule has 0 bridgehead atoms. The number of ether oxygens (including phenoxy) is 1. The lowest BCUT2D eigenvalue weighted by Gasteiger charge is -2.10. The minimum atomic E-state index is -0.753. The Morgan fingerprint density at radius 3 is 2.65 bits per heavy atom. The molecule has 1 rings (SSSR count). The maximum atomic E-state index is 11.6. The summed E-state index contributed by atoms with van der Waals surface area (Å²) < 4.78 is 4.73. The molecule has 0 saturated heterocycles. The number of nitrogens with zero attached hydrogens (tertiary/aromatic N) is 1. The van der Waals surface area contributed by atoms with Crippen LogP contribution in [0.25, 0.3) is 0 Å². The zero-order valence-corrected chi connectivity index (χ0v) is 10.6. The molecule has 1 heterocycles. The summed E-state index contributed by atoms with van der Waals surface area (Å²) in [6.45, 7) is 0.238. The molecule has 7 heteroatoms. The molecule has 1 aromatic rings. The van der Waals surface area contributed by atoms with E-state index in [4.69, 9.17) is 27.9 Å². The molecule has 0 fully saturated rings. The summed E-state index contributed by atoms with van der Waals surface area (Å²) in [5.41, 5.74) is 0.291. The van der Waals surface area contributed by atoms with Crippen LogP contribution in [0.2, 0.25) is 10.3 Å². The fourth-order valence-electron chi connectivity index (χ4n) is 1.16. The highest BCUT2D eigenvalue weighted by molar-refractivity contribution is 6.33. The number of hydrogen-bond donors (Lipinski definition) is 2. The van der Waals surface area contributed by atoms with Gasteiger partial charge in [0, 0.05) is 19.2 Å². The number of aromatic nitrogens is 1. The first kappa shape index (κ1) is 14.2. The third-order valence-electron chi connectivity index (χ3n) is 1.88. The third-order valence-corrected chi connectivity index (χ3v) is 2.27. The molecular formula is C10H12Cl2N2O3. The number of carbonyl (C=O) groups is 1. The minimum absolute atomic E-state index is 0.0875. The smallest absolute Gasteiger partial charge is 0.251 e. The topological polar surface area (TPSA) is 71.5 Å².